The Morgan fingerprint density at radius 2 is 0.574 bits per heavy atom. The number of para-hydroxylation sites is 2. The highest BCUT2D eigenvalue weighted by Crippen LogP contribution is 2.42. The van der Waals surface area contributed by atoms with Crippen molar-refractivity contribution in [1.29, 1.82) is 0 Å². The van der Waals surface area contributed by atoms with E-state index in [1.165, 1.54) is 65.0 Å². The number of furan rings is 1. The van der Waals surface area contributed by atoms with Crippen LogP contribution in [0.15, 0.2) is 265 Å². The van der Waals surface area contributed by atoms with Gasteiger partial charge < -0.3 is 9.32 Å². The van der Waals surface area contributed by atoms with Gasteiger partial charge in [-0.25, -0.2) is 0 Å². The van der Waals surface area contributed by atoms with Gasteiger partial charge in [0.2, 0.25) is 0 Å². The lowest BCUT2D eigenvalue weighted by molar-refractivity contribution is 0.670. The summed E-state index contributed by atoms with van der Waals surface area (Å²) in [7, 11) is 0. The first-order chi connectivity index (χ1) is 33.7. The molecule has 0 bridgehead atoms. The fraction of sp³-hybridized carbons (Fsp3) is 0. The summed E-state index contributed by atoms with van der Waals surface area (Å²) in [5, 5.41) is 14.5. The fourth-order valence-corrected chi connectivity index (χ4v) is 10.4. The third-order valence-corrected chi connectivity index (χ3v) is 13.7. The second kappa shape index (κ2) is 16.5. The number of nitrogens with zero attached hydrogens (tertiary/aromatic N) is 1. The second-order valence-electron chi connectivity index (χ2n) is 17.6. The van der Waals surface area contributed by atoms with Gasteiger partial charge in [-0.15, -0.1) is 0 Å². The minimum absolute atomic E-state index is 0.902. The van der Waals surface area contributed by atoms with Gasteiger partial charge >= 0.3 is 0 Å². The molecule has 0 N–H and O–H groups in total. The Morgan fingerprint density at radius 3 is 1.07 bits per heavy atom. The van der Waals surface area contributed by atoms with E-state index in [0.717, 1.165) is 61.3 Å². The summed E-state index contributed by atoms with van der Waals surface area (Å²) >= 11 is 0. The van der Waals surface area contributed by atoms with E-state index < -0.39 is 0 Å². The summed E-state index contributed by atoms with van der Waals surface area (Å²) in [6, 6.07) is 94.6. The lowest BCUT2D eigenvalue weighted by atomic mass is 9.93. The van der Waals surface area contributed by atoms with E-state index >= 15 is 0 Å². The average molecular weight is 866 g/mol. The molecule has 0 aliphatic carbocycles. The normalized spacial score (nSPS) is 11.5. The Labute approximate surface area is 394 Å². The summed E-state index contributed by atoms with van der Waals surface area (Å²) in [5.74, 6) is 0. The molecule has 1 heterocycles. The van der Waals surface area contributed by atoms with Crippen molar-refractivity contribution in [2.45, 2.75) is 0 Å². The quantitative estimate of drug-likeness (QED) is 0.166. The van der Waals surface area contributed by atoms with Crippen LogP contribution in [0.1, 0.15) is 0 Å². The van der Waals surface area contributed by atoms with Crippen molar-refractivity contribution < 1.29 is 4.42 Å². The zero-order valence-corrected chi connectivity index (χ0v) is 37.2. The maximum absolute atomic E-state index is 6.45. The molecule has 0 amide bonds. The first-order valence-corrected chi connectivity index (χ1v) is 23.3. The van der Waals surface area contributed by atoms with Gasteiger partial charge in [0.15, 0.2) is 0 Å². The molecule has 13 aromatic rings. The SMILES string of the molecule is c1ccc(-c2ccc(N(c3ccc(-c4ccc5c6ccccc6c6ccccc6c6ccccc6c6ccccc6c5c4)cc3)c3ccc(-c4cccc5c4oc4ccccc45)cc3)cc2)cc1. The van der Waals surface area contributed by atoms with Gasteiger partial charge in [0, 0.05) is 33.4 Å². The fourth-order valence-electron chi connectivity index (χ4n) is 10.4. The van der Waals surface area contributed by atoms with Crippen LogP contribution in [0.5, 0.6) is 0 Å². The zero-order chi connectivity index (χ0) is 45.0. The van der Waals surface area contributed by atoms with Crippen LogP contribution in [-0.4, -0.2) is 0 Å². The summed E-state index contributed by atoms with van der Waals surface area (Å²) < 4.78 is 6.45. The maximum atomic E-state index is 6.45. The molecule has 2 heteroatoms. The Morgan fingerprint density at radius 1 is 0.221 bits per heavy atom. The monoisotopic (exact) mass is 865 g/mol. The smallest absolute Gasteiger partial charge is 0.143 e. The Balaban J connectivity index is 0.955. The van der Waals surface area contributed by atoms with Gasteiger partial charge in [0.05, 0.1) is 0 Å². The summed E-state index contributed by atoms with van der Waals surface area (Å²) in [6.45, 7) is 0. The molecular weight excluding hydrogens is 823 g/mol. The number of benzene rings is 11. The van der Waals surface area contributed by atoms with E-state index in [-0.39, 0.29) is 0 Å². The van der Waals surface area contributed by atoms with Crippen LogP contribution in [0.25, 0.3) is 109 Å². The first kappa shape index (κ1) is 39.4. The minimum atomic E-state index is 0.902. The molecule has 12 aromatic carbocycles. The van der Waals surface area contributed by atoms with Gasteiger partial charge in [0.25, 0.3) is 0 Å². The number of hydrogen-bond acceptors (Lipinski definition) is 2. The van der Waals surface area contributed by atoms with Gasteiger partial charge in [-0.3, -0.25) is 0 Å². The highest BCUT2D eigenvalue weighted by molar-refractivity contribution is 6.26. The Hall–Kier alpha value is -8.98. The van der Waals surface area contributed by atoms with Crippen LogP contribution in [0.2, 0.25) is 0 Å². The Bertz CT molecular complexity index is 4040. The molecule has 0 radical (unpaired) electrons. The molecule has 0 fully saturated rings. The van der Waals surface area contributed by atoms with Crippen LogP contribution < -0.4 is 4.90 Å². The highest BCUT2D eigenvalue weighted by atomic mass is 16.3. The van der Waals surface area contributed by atoms with E-state index in [1.54, 1.807) is 0 Å². The van der Waals surface area contributed by atoms with E-state index in [4.69, 9.17) is 4.42 Å². The van der Waals surface area contributed by atoms with Crippen LogP contribution in [0, 0.1) is 0 Å². The van der Waals surface area contributed by atoms with Crippen molar-refractivity contribution in [2.75, 3.05) is 4.90 Å². The molecular formula is C66H43NO. The van der Waals surface area contributed by atoms with Gasteiger partial charge in [-0.05, 0) is 130 Å². The standard InChI is InChI=1S/C66H43NO/c1-2-15-44(16-3-1)45-29-36-49(37-30-45)67(51-40-33-47(34-41-51)52-26-14-27-63-62-25-12-13-28-65(62)68-66(52)63)50-38-31-46(32-39-50)48-35-42-61-59-23-9-8-21-57(59)55-19-5-4-17-53(55)54-18-6-7-20-56(54)58-22-10-11-24-60(58)64(61)43-48/h1-43H. The van der Waals surface area contributed by atoms with Crippen molar-refractivity contribution in [3.8, 4) is 33.4 Å². The third-order valence-electron chi connectivity index (χ3n) is 13.7. The van der Waals surface area contributed by atoms with Crippen LogP contribution in [0.4, 0.5) is 17.1 Å². The highest BCUT2D eigenvalue weighted by Gasteiger charge is 2.17. The molecule has 0 aliphatic heterocycles. The third kappa shape index (κ3) is 6.73. The first-order valence-electron chi connectivity index (χ1n) is 23.3. The van der Waals surface area contributed by atoms with Crippen molar-refractivity contribution in [1.82, 2.24) is 0 Å². The van der Waals surface area contributed by atoms with Crippen molar-refractivity contribution in [3.05, 3.63) is 261 Å². The molecule has 0 unspecified atom stereocenters. The van der Waals surface area contributed by atoms with E-state index in [9.17, 15) is 0 Å². The van der Waals surface area contributed by atoms with Crippen molar-refractivity contribution in [2.24, 2.45) is 0 Å². The van der Waals surface area contributed by atoms with Crippen molar-refractivity contribution >= 4 is 92.9 Å². The minimum Gasteiger partial charge on any atom is -0.455 e. The zero-order valence-electron chi connectivity index (χ0n) is 37.2. The molecule has 0 atom stereocenters. The summed E-state index contributed by atoms with van der Waals surface area (Å²) in [4.78, 5) is 2.35. The number of hydrogen-bond donors (Lipinski definition) is 0. The maximum Gasteiger partial charge on any atom is 0.143 e. The predicted molar refractivity (Wildman–Crippen MR) is 290 cm³/mol. The van der Waals surface area contributed by atoms with E-state index in [2.05, 4.69) is 254 Å². The number of rotatable bonds is 6. The average Bonchev–Trinajstić information content (AvgIpc) is 3.81. The van der Waals surface area contributed by atoms with Gasteiger partial charge in [-0.1, -0.05) is 212 Å². The molecule has 0 aliphatic rings. The Kier molecular flexibility index (Phi) is 9.54. The molecule has 318 valence electrons. The molecule has 1 aromatic heterocycles. The van der Waals surface area contributed by atoms with Crippen LogP contribution in [-0.2, 0) is 0 Å². The number of fused-ring (bicyclic) bond motifs is 13. The van der Waals surface area contributed by atoms with E-state index in [0.29, 0.717) is 0 Å². The molecule has 0 saturated carbocycles. The second-order valence-corrected chi connectivity index (χ2v) is 17.6. The van der Waals surface area contributed by atoms with Crippen LogP contribution in [0.3, 0.4) is 0 Å². The molecule has 0 saturated heterocycles. The van der Waals surface area contributed by atoms with Crippen molar-refractivity contribution in [3.63, 3.8) is 0 Å². The van der Waals surface area contributed by atoms with E-state index in [1.807, 2.05) is 12.1 Å². The lowest BCUT2D eigenvalue weighted by Crippen LogP contribution is -2.09. The predicted octanol–water partition coefficient (Wildman–Crippen LogP) is 18.9. The van der Waals surface area contributed by atoms with Gasteiger partial charge in [-0.2, -0.15) is 0 Å². The molecule has 68 heavy (non-hydrogen) atoms. The largest absolute Gasteiger partial charge is 0.455 e. The summed E-state index contributed by atoms with van der Waals surface area (Å²) in [6.07, 6.45) is 0. The molecule has 0 spiro atoms. The summed E-state index contributed by atoms with van der Waals surface area (Å²) in [5.41, 5.74) is 11.9. The lowest BCUT2D eigenvalue weighted by Gasteiger charge is -2.26. The molecule has 13 rings (SSSR count). The molecule has 2 nitrogen and oxygen atoms in total. The van der Waals surface area contributed by atoms with Crippen LogP contribution >= 0.6 is 0 Å². The van der Waals surface area contributed by atoms with Gasteiger partial charge in [0.1, 0.15) is 11.2 Å². The topological polar surface area (TPSA) is 16.4 Å². The number of anilines is 3.